The Morgan fingerprint density at radius 2 is 1.92 bits per heavy atom. The average Bonchev–Trinajstić information content (AvgIpc) is 2.61. The minimum absolute atomic E-state index is 0.0706. The highest BCUT2D eigenvalue weighted by Crippen LogP contribution is 2.36. The zero-order valence-corrected chi connectivity index (χ0v) is 16.7. The van der Waals surface area contributed by atoms with Gasteiger partial charge in [-0.25, -0.2) is 5.43 Å². The summed E-state index contributed by atoms with van der Waals surface area (Å²) in [5.41, 5.74) is 3.92. The molecule has 0 aliphatic heterocycles. The summed E-state index contributed by atoms with van der Waals surface area (Å²) in [6.45, 7) is 1.69. The largest absolute Gasteiger partial charge is 0.506 e. The molecule has 0 unspecified atom stereocenters. The Morgan fingerprint density at radius 3 is 2.56 bits per heavy atom. The minimum Gasteiger partial charge on any atom is -0.506 e. The Labute approximate surface area is 162 Å². The fraction of sp³-hybridized carbons (Fsp3) is 0.176. The molecule has 0 saturated carbocycles. The second-order valence-corrected chi connectivity index (χ2v) is 6.66. The van der Waals surface area contributed by atoms with E-state index in [1.807, 2.05) is 6.92 Å². The number of carbonyl (C=O) groups is 1. The minimum atomic E-state index is -0.401. The molecule has 0 spiro atoms. The number of hydrogen-bond acceptors (Lipinski definition) is 5. The average molecular weight is 472 g/mol. The number of aryl methyl sites for hydroxylation is 1. The molecule has 0 heterocycles. The van der Waals surface area contributed by atoms with Crippen molar-refractivity contribution in [2.75, 3.05) is 13.7 Å². The van der Waals surface area contributed by atoms with Gasteiger partial charge in [-0.2, -0.15) is 5.10 Å². The van der Waals surface area contributed by atoms with E-state index in [0.29, 0.717) is 26.0 Å². The van der Waals surface area contributed by atoms with E-state index in [0.717, 1.165) is 5.56 Å². The van der Waals surface area contributed by atoms with Crippen LogP contribution in [0.3, 0.4) is 0 Å². The topological polar surface area (TPSA) is 80.2 Å². The van der Waals surface area contributed by atoms with Gasteiger partial charge >= 0.3 is 0 Å². The van der Waals surface area contributed by atoms with Crippen molar-refractivity contribution in [2.45, 2.75) is 6.92 Å². The summed E-state index contributed by atoms with van der Waals surface area (Å²) in [6, 6.07) is 8.66. The third-order valence-electron chi connectivity index (χ3n) is 3.25. The van der Waals surface area contributed by atoms with Crippen molar-refractivity contribution >= 4 is 44.0 Å². The van der Waals surface area contributed by atoms with E-state index in [9.17, 15) is 9.90 Å². The van der Waals surface area contributed by atoms with Crippen molar-refractivity contribution < 1.29 is 19.4 Å². The number of phenolic OH excluding ortho intramolecular Hbond substituents is 1. The Morgan fingerprint density at radius 1 is 1.28 bits per heavy atom. The Bertz CT molecular complexity index is 792. The molecule has 8 heteroatoms. The summed E-state index contributed by atoms with van der Waals surface area (Å²) in [7, 11) is 1.58. The van der Waals surface area contributed by atoms with Gasteiger partial charge in [-0.1, -0.05) is 0 Å². The summed E-state index contributed by atoms with van der Waals surface area (Å²) in [4.78, 5) is 11.8. The molecule has 0 radical (unpaired) electrons. The smallest absolute Gasteiger partial charge is 0.277 e. The number of phenols is 1. The number of ether oxygens (including phenoxy) is 2. The third-order valence-corrected chi connectivity index (χ3v) is 4.66. The highest BCUT2D eigenvalue weighted by Gasteiger charge is 2.11. The second-order valence-electron chi connectivity index (χ2n) is 5.01. The molecule has 1 amide bonds. The quantitative estimate of drug-likeness (QED) is 0.496. The van der Waals surface area contributed by atoms with E-state index in [1.54, 1.807) is 37.4 Å². The molecular formula is C17H16Br2N2O4. The van der Waals surface area contributed by atoms with Crippen molar-refractivity contribution in [3.63, 3.8) is 0 Å². The number of hydrazone groups is 1. The molecule has 132 valence electrons. The number of rotatable bonds is 6. The molecule has 0 bridgehead atoms. The van der Waals surface area contributed by atoms with Gasteiger partial charge in [-0.15, -0.1) is 0 Å². The lowest BCUT2D eigenvalue weighted by Gasteiger charge is -2.08. The normalized spacial score (nSPS) is 10.7. The van der Waals surface area contributed by atoms with Crippen LogP contribution in [0.5, 0.6) is 17.2 Å². The number of carbonyl (C=O) groups excluding carboxylic acids is 1. The Balaban J connectivity index is 1.91. The first-order valence-electron chi connectivity index (χ1n) is 7.18. The van der Waals surface area contributed by atoms with E-state index in [1.165, 1.54) is 6.21 Å². The number of methoxy groups -OCH3 is 1. The molecule has 0 aliphatic carbocycles. The molecule has 2 aromatic rings. The van der Waals surface area contributed by atoms with E-state index < -0.39 is 5.91 Å². The highest BCUT2D eigenvalue weighted by molar-refractivity contribution is 9.11. The summed E-state index contributed by atoms with van der Waals surface area (Å²) in [5, 5.41) is 13.8. The van der Waals surface area contributed by atoms with Crippen LogP contribution in [0.25, 0.3) is 0 Å². The predicted octanol–water partition coefficient (Wildman–Crippen LogP) is 3.76. The van der Waals surface area contributed by atoms with Gasteiger partial charge in [0.25, 0.3) is 5.91 Å². The molecule has 2 rings (SSSR count). The molecule has 6 nitrogen and oxygen atoms in total. The number of amides is 1. The Hall–Kier alpha value is -2.06. The van der Waals surface area contributed by atoms with Crippen molar-refractivity contribution in [3.8, 4) is 17.2 Å². The Kier molecular flexibility index (Phi) is 6.83. The lowest BCUT2D eigenvalue weighted by molar-refractivity contribution is -0.123. The van der Waals surface area contributed by atoms with Crippen LogP contribution in [0.1, 0.15) is 11.1 Å². The van der Waals surface area contributed by atoms with Crippen LogP contribution in [-0.4, -0.2) is 30.9 Å². The van der Waals surface area contributed by atoms with Crippen LogP contribution in [-0.2, 0) is 4.79 Å². The molecule has 0 aliphatic rings. The van der Waals surface area contributed by atoms with E-state index in [2.05, 4.69) is 42.4 Å². The van der Waals surface area contributed by atoms with Gasteiger partial charge in [0.15, 0.2) is 6.61 Å². The first-order chi connectivity index (χ1) is 11.9. The fourth-order valence-electron chi connectivity index (χ4n) is 1.92. The number of nitrogens with one attached hydrogen (secondary N) is 1. The predicted molar refractivity (Wildman–Crippen MR) is 102 cm³/mol. The van der Waals surface area contributed by atoms with Gasteiger partial charge in [0, 0.05) is 5.56 Å². The van der Waals surface area contributed by atoms with Crippen molar-refractivity contribution in [1.82, 2.24) is 5.43 Å². The molecule has 2 N–H and O–H groups in total. The summed E-state index contributed by atoms with van der Waals surface area (Å²) < 4.78 is 11.5. The van der Waals surface area contributed by atoms with Crippen LogP contribution < -0.4 is 14.9 Å². The van der Waals surface area contributed by atoms with Crippen molar-refractivity contribution in [2.24, 2.45) is 5.10 Å². The molecule has 0 fully saturated rings. The first-order valence-corrected chi connectivity index (χ1v) is 8.77. The van der Waals surface area contributed by atoms with E-state index in [4.69, 9.17) is 9.47 Å². The van der Waals surface area contributed by atoms with Crippen LogP contribution in [0, 0.1) is 6.92 Å². The zero-order chi connectivity index (χ0) is 18.4. The van der Waals surface area contributed by atoms with Gasteiger partial charge in [0.1, 0.15) is 17.2 Å². The van der Waals surface area contributed by atoms with Crippen LogP contribution in [0.4, 0.5) is 0 Å². The summed E-state index contributed by atoms with van der Waals surface area (Å²) in [5.74, 6) is 0.930. The SMILES string of the molecule is COc1ccc(OCC(=O)N/N=C/c2c(C)cc(Br)c(O)c2Br)cc1. The molecule has 0 atom stereocenters. The molecule has 2 aromatic carbocycles. The number of halogens is 2. The van der Waals surface area contributed by atoms with Gasteiger partial charge in [-0.3, -0.25) is 4.79 Å². The van der Waals surface area contributed by atoms with Crippen molar-refractivity contribution in [1.29, 1.82) is 0 Å². The highest BCUT2D eigenvalue weighted by atomic mass is 79.9. The maximum atomic E-state index is 11.8. The maximum absolute atomic E-state index is 11.8. The standard InChI is InChI=1S/C17H16Br2N2O4/c1-10-7-14(18)17(23)16(19)13(10)8-20-21-15(22)9-25-12-5-3-11(24-2)4-6-12/h3-8,23H,9H2,1-2H3,(H,21,22)/b20-8+. The monoisotopic (exact) mass is 470 g/mol. The number of nitrogens with zero attached hydrogens (tertiary/aromatic N) is 1. The number of benzene rings is 2. The van der Waals surface area contributed by atoms with Gasteiger partial charge < -0.3 is 14.6 Å². The van der Waals surface area contributed by atoms with Gasteiger partial charge in [0.2, 0.25) is 0 Å². The van der Waals surface area contributed by atoms with Gasteiger partial charge in [-0.05, 0) is 74.7 Å². The lowest BCUT2D eigenvalue weighted by Crippen LogP contribution is -2.24. The molecule has 0 saturated heterocycles. The van der Waals surface area contributed by atoms with Crippen molar-refractivity contribution in [3.05, 3.63) is 50.4 Å². The third kappa shape index (κ3) is 5.20. The lowest BCUT2D eigenvalue weighted by atomic mass is 10.1. The number of aromatic hydroxyl groups is 1. The molecule has 25 heavy (non-hydrogen) atoms. The number of hydrogen-bond donors (Lipinski definition) is 2. The molecule has 0 aromatic heterocycles. The maximum Gasteiger partial charge on any atom is 0.277 e. The second kappa shape index (κ2) is 8.87. The zero-order valence-electron chi connectivity index (χ0n) is 13.5. The summed E-state index contributed by atoms with van der Waals surface area (Å²) >= 11 is 6.56. The summed E-state index contributed by atoms with van der Waals surface area (Å²) in [6.07, 6.45) is 1.46. The van der Waals surface area contributed by atoms with Crippen LogP contribution in [0.15, 0.2) is 44.4 Å². The molecular weight excluding hydrogens is 456 g/mol. The van der Waals surface area contributed by atoms with E-state index >= 15 is 0 Å². The van der Waals surface area contributed by atoms with Crippen LogP contribution in [0.2, 0.25) is 0 Å². The van der Waals surface area contributed by atoms with Crippen LogP contribution >= 0.6 is 31.9 Å². The van der Waals surface area contributed by atoms with E-state index in [-0.39, 0.29) is 12.4 Å². The first kappa shape index (κ1) is 19.3. The fourth-order valence-corrected chi connectivity index (χ4v) is 3.36. The van der Waals surface area contributed by atoms with Gasteiger partial charge in [0.05, 0.1) is 22.3 Å².